The molecule has 0 aliphatic carbocycles. The highest BCUT2D eigenvalue weighted by atomic mass is 35.5. The molecule has 0 bridgehead atoms. The number of anilines is 1. The number of fused-ring (bicyclic) bond motifs is 1. The normalized spacial score (nSPS) is 17.5. The van der Waals surface area contributed by atoms with Crippen molar-refractivity contribution in [1.82, 2.24) is 10.3 Å². The number of carbonyl (C=O) groups excluding carboxylic acids is 1. The quantitative estimate of drug-likeness (QED) is 0.860. The van der Waals surface area contributed by atoms with E-state index in [1.54, 1.807) is 6.20 Å². The summed E-state index contributed by atoms with van der Waals surface area (Å²) in [5.74, 6) is 0.105. The fourth-order valence-electron chi connectivity index (χ4n) is 3.39. The van der Waals surface area contributed by atoms with Crippen LogP contribution < -0.4 is 16.0 Å². The lowest BCUT2D eigenvalue weighted by Gasteiger charge is -2.24. The highest BCUT2D eigenvalue weighted by Gasteiger charge is 2.28. The third-order valence-electron chi connectivity index (χ3n) is 4.68. The molecule has 2 aromatic rings. The van der Waals surface area contributed by atoms with Gasteiger partial charge in [0.2, 0.25) is 5.91 Å². The van der Waals surface area contributed by atoms with Crippen LogP contribution in [0.3, 0.4) is 0 Å². The number of benzene rings is 1. The lowest BCUT2D eigenvalue weighted by atomic mass is 10.0. The van der Waals surface area contributed by atoms with Crippen LogP contribution in [0.25, 0.3) is 10.9 Å². The molecular formula is C19H25ClN4O. The summed E-state index contributed by atoms with van der Waals surface area (Å²) in [4.78, 5) is 18.9. The Morgan fingerprint density at radius 2 is 2.32 bits per heavy atom. The molecule has 2 heterocycles. The summed E-state index contributed by atoms with van der Waals surface area (Å²) in [6.07, 6.45) is 3.47. The summed E-state index contributed by atoms with van der Waals surface area (Å²) in [6.45, 7) is 6.05. The standard InChI is InChI=1S/C19H25ClN4O/c1-12(2)19(25)23-14-6-9-24(11-14)18-13(5-7-21)10-16(20)15-4-3-8-22-17(15)18/h3-4,8,10,12,14H,5-7,9,11,21H2,1-2H3,(H,23,25). The largest absolute Gasteiger partial charge is 0.367 e. The van der Waals surface area contributed by atoms with Gasteiger partial charge in [-0.1, -0.05) is 25.4 Å². The Bertz CT molecular complexity index is 777. The molecule has 0 spiro atoms. The van der Waals surface area contributed by atoms with Gasteiger partial charge in [0.1, 0.15) is 0 Å². The maximum absolute atomic E-state index is 12.0. The molecule has 1 saturated heterocycles. The van der Waals surface area contributed by atoms with Gasteiger partial charge in [0.15, 0.2) is 0 Å². The molecule has 25 heavy (non-hydrogen) atoms. The van der Waals surface area contributed by atoms with Crippen molar-refractivity contribution in [3.05, 3.63) is 35.0 Å². The summed E-state index contributed by atoms with van der Waals surface area (Å²) < 4.78 is 0. The fraction of sp³-hybridized carbons (Fsp3) is 0.474. The van der Waals surface area contributed by atoms with Gasteiger partial charge < -0.3 is 16.0 Å². The first-order chi connectivity index (χ1) is 12.0. The van der Waals surface area contributed by atoms with E-state index in [0.717, 1.165) is 48.1 Å². The van der Waals surface area contributed by atoms with Crippen molar-refractivity contribution in [2.24, 2.45) is 11.7 Å². The zero-order valence-electron chi connectivity index (χ0n) is 14.8. The third kappa shape index (κ3) is 3.72. The van der Waals surface area contributed by atoms with Gasteiger partial charge in [-0.2, -0.15) is 0 Å². The topological polar surface area (TPSA) is 71.2 Å². The second kappa shape index (κ2) is 7.58. The molecule has 5 nitrogen and oxygen atoms in total. The lowest BCUT2D eigenvalue weighted by molar-refractivity contribution is -0.124. The van der Waals surface area contributed by atoms with Crippen LogP contribution >= 0.6 is 11.6 Å². The van der Waals surface area contributed by atoms with Crippen molar-refractivity contribution in [3.63, 3.8) is 0 Å². The molecule has 1 aromatic carbocycles. The first-order valence-corrected chi connectivity index (χ1v) is 9.20. The van der Waals surface area contributed by atoms with Gasteiger partial charge in [-0.25, -0.2) is 0 Å². The second-order valence-corrected chi connectivity index (χ2v) is 7.31. The van der Waals surface area contributed by atoms with Crippen molar-refractivity contribution in [2.75, 3.05) is 24.5 Å². The molecule has 1 fully saturated rings. The van der Waals surface area contributed by atoms with E-state index in [-0.39, 0.29) is 17.9 Å². The summed E-state index contributed by atoms with van der Waals surface area (Å²) in [5.41, 5.74) is 8.94. The Balaban J connectivity index is 1.94. The maximum Gasteiger partial charge on any atom is 0.222 e. The maximum atomic E-state index is 12.0. The molecule has 1 aromatic heterocycles. The molecule has 1 aliphatic rings. The van der Waals surface area contributed by atoms with E-state index in [1.807, 2.05) is 32.0 Å². The Labute approximate surface area is 153 Å². The van der Waals surface area contributed by atoms with Crippen LogP contribution in [0.5, 0.6) is 0 Å². The average Bonchev–Trinajstić information content (AvgIpc) is 3.03. The van der Waals surface area contributed by atoms with Crippen LogP contribution in [-0.4, -0.2) is 36.6 Å². The monoisotopic (exact) mass is 360 g/mol. The molecule has 134 valence electrons. The van der Waals surface area contributed by atoms with Crippen LogP contribution in [0.2, 0.25) is 5.02 Å². The summed E-state index contributed by atoms with van der Waals surface area (Å²) in [7, 11) is 0. The van der Waals surface area contributed by atoms with Crippen molar-refractivity contribution in [2.45, 2.75) is 32.7 Å². The predicted octanol–water partition coefficient (Wildman–Crippen LogP) is 2.74. The van der Waals surface area contributed by atoms with Gasteiger partial charge in [0, 0.05) is 36.6 Å². The summed E-state index contributed by atoms with van der Waals surface area (Å²) in [6, 6.07) is 6.06. The number of halogens is 1. The van der Waals surface area contributed by atoms with E-state index in [4.69, 9.17) is 17.3 Å². The van der Waals surface area contributed by atoms with Crippen LogP contribution in [0.4, 0.5) is 5.69 Å². The highest BCUT2D eigenvalue weighted by Crippen LogP contribution is 2.36. The third-order valence-corrected chi connectivity index (χ3v) is 5.00. The van der Waals surface area contributed by atoms with Crippen molar-refractivity contribution in [3.8, 4) is 0 Å². The van der Waals surface area contributed by atoms with Gasteiger partial charge in [-0.15, -0.1) is 0 Å². The van der Waals surface area contributed by atoms with Gasteiger partial charge in [0.05, 0.1) is 16.2 Å². The zero-order chi connectivity index (χ0) is 18.0. The Morgan fingerprint density at radius 1 is 1.52 bits per heavy atom. The van der Waals surface area contributed by atoms with Gasteiger partial charge in [-0.05, 0) is 43.1 Å². The first-order valence-electron chi connectivity index (χ1n) is 8.82. The van der Waals surface area contributed by atoms with Gasteiger partial charge in [0.25, 0.3) is 0 Å². The SMILES string of the molecule is CC(C)C(=O)NC1CCN(c2c(CCN)cc(Cl)c3cccnc23)C1. The van der Waals surface area contributed by atoms with Crippen molar-refractivity contribution < 1.29 is 4.79 Å². The number of pyridine rings is 1. The minimum atomic E-state index is -0.000111. The Hall–Kier alpha value is -1.85. The van der Waals surface area contributed by atoms with E-state index in [2.05, 4.69) is 15.2 Å². The number of rotatable bonds is 5. The van der Waals surface area contributed by atoms with Gasteiger partial charge in [-0.3, -0.25) is 9.78 Å². The number of hydrogen-bond donors (Lipinski definition) is 2. The minimum Gasteiger partial charge on any atom is -0.367 e. The summed E-state index contributed by atoms with van der Waals surface area (Å²) in [5, 5.41) is 4.80. The van der Waals surface area contributed by atoms with E-state index in [0.29, 0.717) is 11.6 Å². The molecule has 1 atom stereocenters. The Morgan fingerprint density at radius 3 is 3.04 bits per heavy atom. The van der Waals surface area contributed by atoms with Crippen LogP contribution in [0.1, 0.15) is 25.8 Å². The minimum absolute atomic E-state index is 0.000111. The molecule has 3 N–H and O–H groups in total. The molecule has 1 amide bonds. The lowest BCUT2D eigenvalue weighted by Crippen LogP contribution is -2.39. The smallest absolute Gasteiger partial charge is 0.222 e. The van der Waals surface area contributed by atoms with E-state index >= 15 is 0 Å². The molecule has 1 unspecified atom stereocenters. The fourth-order valence-corrected chi connectivity index (χ4v) is 3.67. The van der Waals surface area contributed by atoms with E-state index < -0.39 is 0 Å². The number of nitrogens with zero attached hydrogens (tertiary/aromatic N) is 2. The Kier molecular flexibility index (Phi) is 5.45. The number of amides is 1. The van der Waals surface area contributed by atoms with Crippen molar-refractivity contribution >= 4 is 34.1 Å². The molecule has 0 radical (unpaired) electrons. The number of carbonyl (C=O) groups is 1. The van der Waals surface area contributed by atoms with E-state index in [9.17, 15) is 4.79 Å². The number of nitrogens with two attached hydrogens (primary N) is 1. The highest BCUT2D eigenvalue weighted by molar-refractivity contribution is 6.36. The molecule has 6 heteroatoms. The molecule has 3 rings (SSSR count). The van der Waals surface area contributed by atoms with Crippen LogP contribution in [-0.2, 0) is 11.2 Å². The van der Waals surface area contributed by atoms with Crippen molar-refractivity contribution in [1.29, 1.82) is 0 Å². The summed E-state index contributed by atoms with van der Waals surface area (Å²) >= 11 is 6.45. The van der Waals surface area contributed by atoms with Crippen LogP contribution in [0, 0.1) is 5.92 Å². The predicted molar refractivity (Wildman–Crippen MR) is 103 cm³/mol. The van der Waals surface area contributed by atoms with Gasteiger partial charge >= 0.3 is 0 Å². The second-order valence-electron chi connectivity index (χ2n) is 6.90. The molecule has 1 aliphatic heterocycles. The first kappa shape index (κ1) is 18.0. The zero-order valence-corrected chi connectivity index (χ0v) is 15.5. The van der Waals surface area contributed by atoms with Crippen LogP contribution in [0.15, 0.2) is 24.4 Å². The number of nitrogens with one attached hydrogen (secondary N) is 1. The average molecular weight is 361 g/mol. The molecule has 0 saturated carbocycles. The number of aromatic nitrogens is 1. The molecular weight excluding hydrogens is 336 g/mol. The van der Waals surface area contributed by atoms with E-state index in [1.165, 1.54) is 0 Å². The number of hydrogen-bond acceptors (Lipinski definition) is 4.